The van der Waals surface area contributed by atoms with Crippen LogP contribution in [0.5, 0.6) is 5.75 Å². The van der Waals surface area contributed by atoms with E-state index in [9.17, 15) is 0 Å². The van der Waals surface area contributed by atoms with Gasteiger partial charge in [-0.15, -0.1) is 0 Å². The van der Waals surface area contributed by atoms with Gasteiger partial charge in [0.1, 0.15) is 7.85 Å². The van der Waals surface area contributed by atoms with E-state index in [2.05, 4.69) is 4.98 Å². The minimum absolute atomic E-state index is 0.0741. The maximum atomic E-state index is 8.83. The minimum Gasteiger partial charge on any atom is -0.504 e. The second-order valence-electron chi connectivity index (χ2n) is 1.67. The SMILES string of the molecule is [B]c1cnc(N)c(O)c1. The molecule has 44 valence electrons. The Morgan fingerprint density at radius 1 is 1.67 bits per heavy atom. The number of anilines is 1. The Morgan fingerprint density at radius 2 is 2.33 bits per heavy atom. The molecule has 0 atom stereocenters. The van der Waals surface area contributed by atoms with Gasteiger partial charge in [0, 0.05) is 6.20 Å². The molecule has 0 aliphatic rings. The molecule has 1 aromatic heterocycles. The van der Waals surface area contributed by atoms with Crippen molar-refractivity contribution in [3.05, 3.63) is 12.3 Å². The van der Waals surface area contributed by atoms with E-state index < -0.39 is 0 Å². The molecule has 3 N–H and O–H groups in total. The van der Waals surface area contributed by atoms with Gasteiger partial charge in [0.2, 0.25) is 0 Å². The fourth-order valence-electron chi connectivity index (χ4n) is 0.479. The van der Waals surface area contributed by atoms with Crippen LogP contribution in [0.25, 0.3) is 0 Å². The number of hydrogen-bond donors (Lipinski definition) is 2. The lowest BCUT2D eigenvalue weighted by molar-refractivity contribution is 0.476. The van der Waals surface area contributed by atoms with Crippen LogP contribution in [-0.2, 0) is 0 Å². The van der Waals surface area contributed by atoms with Crippen LogP contribution in [0.2, 0.25) is 0 Å². The highest BCUT2D eigenvalue weighted by atomic mass is 16.3. The molecule has 3 nitrogen and oxygen atoms in total. The summed E-state index contributed by atoms with van der Waals surface area (Å²) < 4.78 is 0. The number of rotatable bonds is 0. The van der Waals surface area contributed by atoms with Crippen molar-refractivity contribution >= 4 is 19.1 Å². The molecule has 1 aromatic rings. The first-order chi connectivity index (χ1) is 4.20. The van der Waals surface area contributed by atoms with Gasteiger partial charge in [-0.3, -0.25) is 0 Å². The van der Waals surface area contributed by atoms with E-state index in [1.165, 1.54) is 12.3 Å². The molecule has 0 unspecified atom stereocenters. The molecule has 0 aliphatic carbocycles. The molecule has 1 heterocycles. The molecular formula is C5H5BN2O. The summed E-state index contributed by atoms with van der Waals surface area (Å²) in [7, 11) is 5.25. The maximum absolute atomic E-state index is 8.83. The molecule has 0 fully saturated rings. The molecule has 0 saturated heterocycles. The number of hydrogen-bond acceptors (Lipinski definition) is 3. The summed E-state index contributed by atoms with van der Waals surface area (Å²) in [6.45, 7) is 0. The minimum atomic E-state index is -0.0741. The fraction of sp³-hybridized carbons (Fsp3) is 0. The zero-order valence-corrected chi connectivity index (χ0v) is 4.70. The first-order valence-corrected chi connectivity index (χ1v) is 2.40. The Balaban J connectivity index is 3.17. The highest BCUT2D eigenvalue weighted by Gasteiger charge is 1.94. The van der Waals surface area contributed by atoms with Crippen molar-refractivity contribution < 1.29 is 5.11 Å². The van der Waals surface area contributed by atoms with Crippen molar-refractivity contribution in [2.45, 2.75) is 0 Å². The molecule has 1 rings (SSSR count). The van der Waals surface area contributed by atoms with Crippen LogP contribution in [-0.4, -0.2) is 17.9 Å². The molecule has 0 bridgehead atoms. The van der Waals surface area contributed by atoms with Crippen molar-refractivity contribution in [1.29, 1.82) is 0 Å². The highest BCUT2D eigenvalue weighted by Crippen LogP contribution is 2.11. The van der Waals surface area contributed by atoms with E-state index in [4.69, 9.17) is 18.7 Å². The van der Waals surface area contributed by atoms with E-state index in [0.29, 0.717) is 5.46 Å². The second-order valence-corrected chi connectivity index (χ2v) is 1.67. The lowest BCUT2D eigenvalue weighted by Crippen LogP contribution is -2.04. The topological polar surface area (TPSA) is 59.1 Å². The van der Waals surface area contributed by atoms with E-state index >= 15 is 0 Å². The summed E-state index contributed by atoms with van der Waals surface area (Å²) in [5.74, 6) is 0.0270. The van der Waals surface area contributed by atoms with E-state index in [1.54, 1.807) is 0 Å². The molecular weight excluding hydrogens is 115 g/mol. The highest BCUT2D eigenvalue weighted by molar-refractivity contribution is 6.32. The van der Waals surface area contributed by atoms with Crippen molar-refractivity contribution in [2.24, 2.45) is 0 Å². The predicted octanol–water partition coefficient (Wildman–Crippen LogP) is -0.837. The summed E-state index contributed by atoms with van der Waals surface area (Å²) in [5, 5.41) is 8.83. The van der Waals surface area contributed by atoms with Crippen LogP contribution in [0.1, 0.15) is 0 Å². The van der Waals surface area contributed by atoms with Gasteiger partial charge in [0.05, 0.1) is 0 Å². The third-order valence-corrected chi connectivity index (χ3v) is 0.919. The van der Waals surface area contributed by atoms with Crippen LogP contribution >= 0.6 is 0 Å². The van der Waals surface area contributed by atoms with Crippen molar-refractivity contribution in [3.8, 4) is 5.75 Å². The van der Waals surface area contributed by atoms with Crippen LogP contribution in [0.15, 0.2) is 12.3 Å². The van der Waals surface area contributed by atoms with E-state index in [-0.39, 0.29) is 11.6 Å². The third-order valence-electron chi connectivity index (χ3n) is 0.919. The molecule has 0 saturated carbocycles. The van der Waals surface area contributed by atoms with Gasteiger partial charge in [-0.25, -0.2) is 4.98 Å². The first-order valence-electron chi connectivity index (χ1n) is 2.40. The van der Waals surface area contributed by atoms with Crippen molar-refractivity contribution in [2.75, 3.05) is 5.73 Å². The predicted molar refractivity (Wildman–Crippen MR) is 35.7 cm³/mol. The Kier molecular flexibility index (Phi) is 1.30. The number of nitrogen functional groups attached to an aromatic ring is 1. The zero-order valence-electron chi connectivity index (χ0n) is 4.70. The fourth-order valence-corrected chi connectivity index (χ4v) is 0.479. The Bertz CT molecular complexity index is 226. The molecule has 2 radical (unpaired) electrons. The van der Waals surface area contributed by atoms with Gasteiger partial charge < -0.3 is 10.8 Å². The molecule has 0 spiro atoms. The average Bonchev–Trinajstić information content (AvgIpc) is 1.80. The van der Waals surface area contributed by atoms with E-state index in [1.807, 2.05) is 0 Å². The summed E-state index contributed by atoms with van der Waals surface area (Å²) in [6.07, 6.45) is 1.38. The van der Waals surface area contributed by atoms with Gasteiger partial charge in [0.15, 0.2) is 11.6 Å². The average molecular weight is 120 g/mol. The van der Waals surface area contributed by atoms with Crippen molar-refractivity contribution in [1.82, 2.24) is 4.98 Å². The van der Waals surface area contributed by atoms with Gasteiger partial charge in [0.25, 0.3) is 0 Å². The van der Waals surface area contributed by atoms with Gasteiger partial charge >= 0.3 is 0 Å². The van der Waals surface area contributed by atoms with Gasteiger partial charge in [-0.05, 0) is 6.07 Å². The Labute approximate surface area is 53.9 Å². The number of aromatic hydroxyl groups is 1. The van der Waals surface area contributed by atoms with Crippen LogP contribution in [0.4, 0.5) is 5.82 Å². The number of pyridine rings is 1. The molecule has 9 heavy (non-hydrogen) atoms. The molecule has 0 amide bonds. The summed E-state index contributed by atoms with van der Waals surface area (Å²) >= 11 is 0. The zero-order chi connectivity index (χ0) is 6.85. The van der Waals surface area contributed by atoms with Crippen molar-refractivity contribution in [3.63, 3.8) is 0 Å². The van der Waals surface area contributed by atoms with Gasteiger partial charge in [-0.2, -0.15) is 0 Å². The van der Waals surface area contributed by atoms with Crippen LogP contribution < -0.4 is 11.2 Å². The summed E-state index contributed by atoms with van der Waals surface area (Å²) in [4.78, 5) is 3.58. The number of aromatic nitrogens is 1. The Morgan fingerprint density at radius 3 is 2.78 bits per heavy atom. The number of nitrogens with two attached hydrogens (primary N) is 1. The maximum Gasteiger partial charge on any atom is 0.165 e. The standard InChI is InChI=1S/C5H5BN2O/c6-3-1-4(9)5(7)8-2-3/h1-2,9H,(H2,7,8). The normalized spacial score (nSPS) is 9.33. The Hall–Kier alpha value is -1.19. The van der Waals surface area contributed by atoms with E-state index in [0.717, 1.165) is 0 Å². The van der Waals surface area contributed by atoms with Gasteiger partial charge in [-0.1, -0.05) is 5.46 Å². The van der Waals surface area contributed by atoms with Crippen LogP contribution in [0, 0.1) is 0 Å². The first kappa shape index (κ1) is 5.94. The second kappa shape index (κ2) is 1.97. The summed E-state index contributed by atoms with van der Waals surface area (Å²) in [5.41, 5.74) is 5.58. The molecule has 4 heteroatoms. The monoisotopic (exact) mass is 120 g/mol. The lowest BCUT2D eigenvalue weighted by Gasteiger charge is -1.96. The largest absolute Gasteiger partial charge is 0.504 e. The summed E-state index contributed by atoms with van der Waals surface area (Å²) in [6, 6.07) is 1.35. The molecule has 0 aromatic carbocycles. The molecule has 0 aliphatic heterocycles. The lowest BCUT2D eigenvalue weighted by atomic mass is 9.99. The smallest absolute Gasteiger partial charge is 0.165 e. The quantitative estimate of drug-likeness (QED) is 0.439. The van der Waals surface area contributed by atoms with Crippen LogP contribution in [0.3, 0.4) is 0 Å². The third kappa shape index (κ3) is 1.13. The number of nitrogens with zero attached hydrogens (tertiary/aromatic N) is 1.